The fourth-order valence-electron chi connectivity index (χ4n) is 2.87. The van der Waals surface area contributed by atoms with Gasteiger partial charge in [-0.1, -0.05) is 11.6 Å². The van der Waals surface area contributed by atoms with Crippen molar-refractivity contribution in [3.05, 3.63) is 55.6 Å². The number of nitrogens with one attached hydrogen (secondary N) is 2. The first-order valence-corrected chi connectivity index (χ1v) is 8.35. The lowest BCUT2D eigenvalue weighted by Gasteiger charge is -2.23. The highest BCUT2D eigenvalue weighted by Gasteiger charge is 2.20. The summed E-state index contributed by atoms with van der Waals surface area (Å²) in [5.41, 5.74) is -0.581. The van der Waals surface area contributed by atoms with E-state index in [9.17, 15) is 14.0 Å². The third kappa shape index (κ3) is 4.08. The molecule has 0 amide bonds. The van der Waals surface area contributed by atoms with Crippen LogP contribution in [0.2, 0.25) is 5.02 Å². The molecule has 1 fully saturated rings. The molecule has 0 unspecified atom stereocenters. The van der Waals surface area contributed by atoms with E-state index in [1.54, 1.807) is 13.0 Å². The standard InChI is InChI=1S/C16H18ClFN4O3/c1-9(10-6-11(17)8-12(18)7-10)19-14-20-15(23)22(16(24)21-14)13-2-4-25-5-3-13/h6-9,13H,2-5H2,1H3,(H2,19,20,21,23,24)/t9-/m0/s1. The van der Waals surface area contributed by atoms with Crippen LogP contribution in [0, 0.1) is 5.82 Å². The normalized spacial score (nSPS) is 16.6. The number of ether oxygens (including phenoxy) is 1. The van der Waals surface area contributed by atoms with Crippen LogP contribution in [0.15, 0.2) is 27.8 Å². The molecule has 0 bridgehead atoms. The average molecular weight is 369 g/mol. The first kappa shape index (κ1) is 17.6. The Hall–Kier alpha value is -2.19. The van der Waals surface area contributed by atoms with E-state index >= 15 is 0 Å². The third-order valence-corrected chi connectivity index (χ3v) is 4.37. The minimum absolute atomic E-state index is 0.0335. The van der Waals surface area contributed by atoms with Gasteiger partial charge in [0.1, 0.15) is 5.82 Å². The van der Waals surface area contributed by atoms with E-state index in [2.05, 4.69) is 15.3 Å². The molecular weight excluding hydrogens is 351 g/mol. The van der Waals surface area contributed by atoms with E-state index in [1.807, 2.05) is 0 Å². The van der Waals surface area contributed by atoms with Crippen molar-refractivity contribution in [3.8, 4) is 0 Å². The van der Waals surface area contributed by atoms with Crippen LogP contribution in [0.5, 0.6) is 0 Å². The molecule has 0 radical (unpaired) electrons. The molecule has 1 aromatic heterocycles. The highest BCUT2D eigenvalue weighted by Crippen LogP contribution is 2.22. The van der Waals surface area contributed by atoms with Gasteiger partial charge in [-0.2, -0.15) is 4.98 Å². The van der Waals surface area contributed by atoms with Gasteiger partial charge >= 0.3 is 11.4 Å². The number of halogens is 2. The first-order chi connectivity index (χ1) is 11.9. The highest BCUT2D eigenvalue weighted by molar-refractivity contribution is 6.30. The highest BCUT2D eigenvalue weighted by atomic mass is 35.5. The van der Waals surface area contributed by atoms with Gasteiger partial charge in [-0.15, -0.1) is 0 Å². The predicted octanol–water partition coefficient (Wildman–Crippen LogP) is 2.25. The molecule has 9 heteroatoms. The smallest absolute Gasteiger partial charge is 0.355 e. The van der Waals surface area contributed by atoms with Gasteiger partial charge < -0.3 is 10.1 Å². The second-order valence-electron chi connectivity index (χ2n) is 5.96. The summed E-state index contributed by atoms with van der Waals surface area (Å²) >= 11 is 5.85. The lowest BCUT2D eigenvalue weighted by Crippen LogP contribution is -2.42. The molecule has 1 aliphatic heterocycles. The van der Waals surface area contributed by atoms with Crippen molar-refractivity contribution < 1.29 is 9.13 Å². The van der Waals surface area contributed by atoms with Gasteiger partial charge in [0.15, 0.2) is 0 Å². The van der Waals surface area contributed by atoms with Crippen LogP contribution in [0.4, 0.5) is 10.3 Å². The maximum Gasteiger partial charge on any atom is 0.355 e. The van der Waals surface area contributed by atoms with Crippen molar-refractivity contribution in [1.82, 2.24) is 14.5 Å². The van der Waals surface area contributed by atoms with Gasteiger partial charge in [-0.05, 0) is 43.5 Å². The summed E-state index contributed by atoms with van der Waals surface area (Å²) in [5.74, 6) is -0.432. The van der Waals surface area contributed by atoms with Gasteiger partial charge in [0.2, 0.25) is 5.95 Å². The Morgan fingerprint density at radius 1 is 1.36 bits per heavy atom. The van der Waals surface area contributed by atoms with E-state index in [0.29, 0.717) is 31.6 Å². The number of anilines is 1. The summed E-state index contributed by atoms with van der Waals surface area (Å²) in [6.45, 7) is 2.76. The minimum atomic E-state index is -0.623. The Bertz CT molecular complexity index is 825. The molecule has 0 spiro atoms. The summed E-state index contributed by atoms with van der Waals surface area (Å²) < 4.78 is 19.8. The minimum Gasteiger partial charge on any atom is -0.381 e. The van der Waals surface area contributed by atoms with Gasteiger partial charge in [0.25, 0.3) is 0 Å². The maximum atomic E-state index is 13.5. The molecule has 7 nitrogen and oxygen atoms in total. The van der Waals surface area contributed by atoms with Crippen molar-refractivity contribution in [2.24, 2.45) is 0 Å². The lowest BCUT2D eigenvalue weighted by atomic mass is 10.1. The van der Waals surface area contributed by atoms with Gasteiger partial charge in [-0.25, -0.2) is 18.5 Å². The van der Waals surface area contributed by atoms with Crippen LogP contribution in [0.25, 0.3) is 0 Å². The molecular formula is C16H18ClFN4O3. The van der Waals surface area contributed by atoms with E-state index < -0.39 is 23.2 Å². The molecule has 1 aromatic carbocycles. The van der Waals surface area contributed by atoms with Gasteiger partial charge in [-0.3, -0.25) is 4.98 Å². The largest absolute Gasteiger partial charge is 0.381 e. The molecule has 0 saturated carbocycles. The zero-order valence-electron chi connectivity index (χ0n) is 13.6. The second kappa shape index (κ2) is 7.37. The number of aromatic nitrogens is 3. The van der Waals surface area contributed by atoms with Gasteiger partial charge in [0.05, 0.1) is 6.04 Å². The number of hydrogen-bond donors (Lipinski definition) is 2. The van der Waals surface area contributed by atoms with Crippen LogP contribution < -0.4 is 16.7 Å². The Balaban J connectivity index is 1.83. The topological polar surface area (TPSA) is 89.0 Å². The van der Waals surface area contributed by atoms with E-state index in [4.69, 9.17) is 16.3 Å². The summed E-state index contributed by atoms with van der Waals surface area (Å²) in [7, 11) is 0. The Morgan fingerprint density at radius 3 is 2.72 bits per heavy atom. The zero-order valence-corrected chi connectivity index (χ0v) is 14.3. The van der Waals surface area contributed by atoms with Crippen LogP contribution in [-0.2, 0) is 4.74 Å². The number of H-pyrrole nitrogens is 1. The quantitative estimate of drug-likeness (QED) is 0.864. The Kier molecular flexibility index (Phi) is 5.19. The fraction of sp³-hybridized carbons (Fsp3) is 0.438. The average Bonchev–Trinajstić information content (AvgIpc) is 2.54. The van der Waals surface area contributed by atoms with Crippen LogP contribution >= 0.6 is 11.6 Å². The molecule has 134 valence electrons. The Labute approximate surface area is 147 Å². The molecule has 2 N–H and O–H groups in total. The molecule has 1 atom stereocenters. The first-order valence-electron chi connectivity index (χ1n) is 7.97. The van der Waals surface area contributed by atoms with Crippen molar-refractivity contribution >= 4 is 17.5 Å². The lowest BCUT2D eigenvalue weighted by molar-refractivity contribution is 0.0670. The van der Waals surface area contributed by atoms with Crippen LogP contribution in [-0.4, -0.2) is 27.7 Å². The van der Waals surface area contributed by atoms with Crippen molar-refractivity contribution in [2.45, 2.75) is 31.8 Å². The summed E-state index contributed by atoms with van der Waals surface area (Å²) in [6.07, 6.45) is 1.19. The molecule has 2 heterocycles. The van der Waals surface area contributed by atoms with Crippen molar-refractivity contribution in [1.29, 1.82) is 0 Å². The van der Waals surface area contributed by atoms with Crippen LogP contribution in [0.1, 0.15) is 37.4 Å². The summed E-state index contributed by atoms with van der Waals surface area (Å²) in [5, 5.41) is 3.16. The summed E-state index contributed by atoms with van der Waals surface area (Å²) in [6, 6.07) is 3.50. The zero-order chi connectivity index (χ0) is 18.0. The third-order valence-electron chi connectivity index (χ3n) is 4.15. The number of hydrogen-bond acceptors (Lipinski definition) is 5. The molecule has 1 saturated heterocycles. The van der Waals surface area contributed by atoms with Crippen LogP contribution in [0.3, 0.4) is 0 Å². The number of benzene rings is 1. The monoisotopic (exact) mass is 368 g/mol. The number of aromatic amines is 1. The predicted molar refractivity (Wildman–Crippen MR) is 91.7 cm³/mol. The molecule has 25 heavy (non-hydrogen) atoms. The molecule has 1 aliphatic rings. The van der Waals surface area contributed by atoms with E-state index in [0.717, 1.165) is 4.57 Å². The Morgan fingerprint density at radius 2 is 2.08 bits per heavy atom. The molecule has 2 aromatic rings. The second-order valence-corrected chi connectivity index (χ2v) is 6.39. The van der Waals surface area contributed by atoms with Crippen molar-refractivity contribution in [3.63, 3.8) is 0 Å². The fourth-order valence-corrected chi connectivity index (χ4v) is 3.10. The number of nitrogens with zero attached hydrogens (tertiary/aromatic N) is 2. The molecule has 3 rings (SSSR count). The molecule has 0 aliphatic carbocycles. The summed E-state index contributed by atoms with van der Waals surface area (Å²) in [4.78, 5) is 31.0. The maximum absolute atomic E-state index is 13.5. The van der Waals surface area contributed by atoms with E-state index in [-0.39, 0.29) is 17.0 Å². The SMILES string of the molecule is C[C@H](Nc1nc(=O)n(C2CCOCC2)c(=O)[nH]1)c1cc(F)cc(Cl)c1. The number of rotatable bonds is 4. The van der Waals surface area contributed by atoms with E-state index in [1.165, 1.54) is 12.1 Å². The van der Waals surface area contributed by atoms with Gasteiger partial charge in [0, 0.05) is 24.3 Å². The van der Waals surface area contributed by atoms with Crippen molar-refractivity contribution in [2.75, 3.05) is 18.5 Å².